The molecule has 0 aliphatic carbocycles. The molecule has 1 atom stereocenters. The number of nitrogens with one attached hydrogen (secondary N) is 1. The summed E-state index contributed by atoms with van der Waals surface area (Å²) in [5, 5.41) is 3.41. The van der Waals surface area contributed by atoms with E-state index in [1.54, 1.807) is 35.9 Å². The van der Waals surface area contributed by atoms with Crippen LogP contribution in [0, 0.1) is 0 Å². The summed E-state index contributed by atoms with van der Waals surface area (Å²) >= 11 is 13.5. The van der Waals surface area contributed by atoms with Crippen LogP contribution in [-0.2, 0) is 4.79 Å². The molecule has 3 aromatic rings. The number of halogens is 2. The molecular weight excluding hydrogens is 455 g/mol. The molecule has 1 saturated heterocycles. The Labute approximate surface area is 194 Å². The van der Waals surface area contributed by atoms with Gasteiger partial charge in [-0.3, -0.25) is 14.5 Å². The lowest BCUT2D eigenvalue weighted by Crippen LogP contribution is -2.27. The van der Waals surface area contributed by atoms with Gasteiger partial charge in [-0.2, -0.15) is 0 Å². The number of ether oxygens (including phenoxy) is 1. The van der Waals surface area contributed by atoms with Crippen molar-refractivity contribution < 1.29 is 14.3 Å². The Kier molecular flexibility index (Phi) is 6.41. The summed E-state index contributed by atoms with van der Waals surface area (Å²) in [6.07, 6.45) is 0. The van der Waals surface area contributed by atoms with Gasteiger partial charge in [-0.25, -0.2) is 0 Å². The first-order valence-corrected chi connectivity index (χ1v) is 11.2. The highest BCUT2D eigenvalue weighted by molar-refractivity contribution is 8.00. The molecular formula is C23H18Cl2N2O3S. The van der Waals surface area contributed by atoms with Crippen molar-refractivity contribution in [1.82, 2.24) is 0 Å². The molecule has 1 heterocycles. The zero-order valence-electron chi connectivity index (χ0n) is 16.5. The van der Waals surface area contributed by atoms with Gasteiger partial charge < -0.3 is 10.1 Å². The van der Waals surface area contributed by atoms with Gasteiger partial charge in [-0.1, -0.05) is 41.4 Å². The molecule has 8 heteroatoms. The fourth-order valence-electron chi connectivity index (χ4n) is 3.28. The molecule has 0 aromatic heterocycles. The molecule has 2 amide bonds. The highest BCUT2D eigenvalue weighted by Gasteiger charge is 2.34. The van der Waals surface area contributed by atoms with Crippen molar-refractivity contribution in [2.75, 3.05) is 23.1 Å². The lowest BCUT2D eigenvalue weighted by molar-refractivity contribution is -0.115. The quantitative estimate of drug-likeness (QED) is 0.492. The van der Waals surface area contributed by atoms with Gasteiger partial charge in [0.05, 0.1) is 22.9 Å². The number of hydrogen-bond acceptors (Lipinski definition) is 4. The van der Waals surface area contributed by atoms with Gasteiger partial charge in [0.15, 0.2) is 0 Å². The summed E-state index contributed by atoms with van der Waals surface area (Å²) in [4.78, 5) is 26.8. The molecule has 1 fully saturated rings. The summed E-state index contributed by atoms with van der Waals surface area (Å²) in [5.74, 6) is 0.855. The number of carbonyl (C=O) groups is 2. The Bertz CT molecular complexity index is 1140. The smallest absolute Gasteiger partial charge is 0.255 e. The molecule has 31 heavy (non-hydrogen) atoms. The molecule has 3 aromatic carbocycles. The fourth-order valence-corrected chi connectivity index (χ4v) is 4.76. The number of thioether (sulfide) groups is 1. The van der Waals surface area contributed by atoms with E-state index in [9.17, 15) is 9.59 Å². The number of anilines is 2. The average Bonchev–Trinajstić information content (AvgIpc) is 3.17. The maximum Gasteiger partial charge on any atom is 0.255 e. The lowest BCUT2D eigenvalue weighted by atomic mass is 10.1. The molecule has 1 aliphatic heterocycles. The third-order valence-corrected chi connectivity index (χ3v) is 6.79. The van der Waals surface area contributed by atoms with E-state index in [0.717, 1.165) is 11.3 Å². The SMILES string of the molecule is COc1cccc(N2C(=O)CSC2c2ccc(NC(=O)c3ccc(Cl)c(Cl)c3)cc2)c1. The van der Waals surface area contributed by atoms with E-state index in [4.69, 9.17) is 27.9 Å². The van der Waals surface area contributed by atoms with Gasteiger partial charge in [0.25, 0.3) is 5.91 Å². The van der Waals surface area contributed by atoms with Gasteiger partial charge in [-0.15, -0.1) is 11.8 Å². The predicted octanol–water partition coefficient (Wildman–Crippen LogP) is 6.03. The summed E-state index contributed by atoms with van der Waals surface area (Å²) in [6.45, 7) is 0. The van der Waals surface area contributed by atoms with Gasteiger partial charge in [-0.05, 0) is 48.0 Å². The second-order valence-electron chi connectivity index (χ2n) is 6.83. The number of benzene rings is 3. The van der Waals surface area contributed by atoms with Crippen LogP contribution in [0.2, 0.25) is 10.0 Å². The number of nitrogens with zero attached hydrogens (tertiary/aromatic N) is 1. The molecule has 4 rings (SSSR count). The highest BCUT2D eigenvalue weighted by atomic mass is 35.5. The van der Waals surface area contributed by atoms with Crippen molar-refractivity contribution in [3.8, 4) is 5.75 Å². The van der Waals surface area contributed by atoms with Crippen LogP contribution in [0.4, 0.5) is 11.4 Å². The van der Waals surface area contributed by atoms with Crippen molar-refractivity contribution in [2.45, 2.75) is 5.37 Å². The lowest BCUT2D eigenvalue weighted by Gasteiger charge is -2.25. The Hall–Kier alpha value is -2.67. The van der Waals surface area contributed by atoms with E-state index >= 15 is 0 Å². The first kappa shape index (κ1) is 21.6. The first-order chi connectivity index (χ1) is 15.0. The summed E-state index contributed by atoms with van der Waals surface area (Å²) < 4.78 is 5.29. The maximum absolute atomic E-state index is 12.6. The normalized spacial score (nSPS) is 15.8. The van der Waals surface area contributed by atoms with Gasteiger partial charge >= 0.3 is 0 Å². The maximum atomic E-state index is 12.6. The molecule has 0 bridgehead atoms. The van der Waals surface area contributed by atoms with E-state index in [2.05, 4.69) is 5.32 Å². The number of amides is 2. The van der Waals surface area contributed by atoms with Crippen LogP contribution < -0.4 is 15.0 Å². The summed E-state index contributed by atoms with van der Waals surface area (Å²) in [6, 6.07) is 19.6. The minimum atomic E-state index is -0.283. The third-order valence-electron chi connectivity index (χ3n) is 4.83. The van der Waals surface area contributed by atoms with Crippen LogP contribution in [-0.4, -0.2) is 24.7 Å². The zero-order valence-corrected chi connectivity index (χ0v) is 18.8. The zero-order chi connectivity index (χ0) is 22.0. The fraction of sp³-hybridized carbons (Fsp3) is 0.130. The minimum Gasteiger partial charge on any atom is -0.497 e. The summed E-state index contributed by atoms with van der Waals surface area (Å²) in [5.41, 5.74) is 2.81. The first-order valence-electron chi connectivity index (χ1n) is 9.40. The Balaban J connectivity index is 1.52. The van der Waals surface area contributed by atoms with Crippen LogP contribution >= 0.6 is 35.0 Å². The van der Waals surface area contributed by atoms with Crippen LogP contribution in [0.25, 0.3) is 0 Å². The minimum absolute atomic E-state index is 0.0419. The van der Waals surface area contributed by atoms with Crippen molar-refractivity contribution in [2.24, 2.45) is 0 Å². The second kappa shape index (κ2) is 9.22. The largest absolute Gasteiger partial charge is 0.497 e. The molecule has 5 nitrogen and oxygen atoms in total. The number of methoxy groups -OCH3 is 1. The van der Waals surface area contributed by atoms with Crippen LogP contribution in [0.5, 0.6) is 5.75 Å². The standard InChI is InChI=1S/C23H18Cl2N2O3S/c1-30-18-4-2-3-17(12-18)27-21(28)13-31-23(27)14-5-8-16(9-6-14)26-22(29)15-7-10-19(24)20(25)11-15/h2-12,23H,13H2,1H3,(H,26,29). The van der Waals surface area contributed by atoms with Crippen molar-refractivity contribution in [3.63, 3.8) is 0 Å². The number of rotatable bonds is 5. The molecule has 1 unspecified atom stereocenters. The molecule has 158 valence electrons. The molecule has 0 spiro atoms. The molecule has 1 aliphatic rings. The Morgan fingerprint density at radius 1 is 1.06 bits per heavy atom. The van der Waals surface area contributed by atoms with Crippen molar-refractivity contribution >= 4 is 58.2 Å². The van der Waals surface area contributed by atoms with E-state index < -0.39 is 0 Å². The van der Waals surface area contributed by atoms with Crippen LogP contribution in [0.1, 0.15) is 21.3 Å². The van der Waals surface area contributed by atoms with E-state index in [1.807, 2.05) is 48.5 Å². The van der Waals surface area contributed by atoms with Crippen molar-refractivity contribution in [1.29, 1.82) is 0 Å². The third kappa shape index (κ3) is 4.66. The Morgan fingerprint density at radius 3 is 2.55 bits per heavy atom. The average molecular weight is 473 g/mol. The number of hydrogen-bond donors (Lipinski definition) is 1. The van der Waals surface area contributed by atoms with Crippen LogP contribution in [0.3, 0.4) is 0 Å². The van der Waals surface area contributed by atoms with E-state index in [1.165, 1.54) is 6.07 Å². The second-order valence-corrected chi connectivity index (χ2v) is 8.72. The predicted molar refractivity (Wildman–Crippen MR) is 127 cm³/mol. The summed E-state index contributed by atoms with van der Waals surface area (Å²) in [7, 11) is 1.60. The van der Waals surface area contributed by atoms with Crippen LogP contribution in [0.15, 0.2) is 66.7 Å². The van der Waals surface area contributed by atoms with Crippen molar-refractivity contribution in [3.05, 3.63) is 87.9 Å². The van der Waals surface area contributed by atoms with E-state index in [-0.39, 0.29) is 17.2 Å². The molecule has 0 radical (unpaired) electrons. The van der Waals surface area contributed by atoms with Gasteiger partial charge in [0.1, 0.15) is 11.1 Å². The van der Waals surface area contributed by atoms with E-state index in [0.29, 0.717) is 32.8 Å². The number of carbonyl (C=O) groups excluding carboxylic acids is 2. The topological polar surface area (TPSA) is 58.6 Å². The monoisotopic (exact) mass is 472 g/mol. The molecule has 1 N–H and O–H groups in total. The molecule has 0 saturated carbocycles. The highest BCUT2D eigenvalue weighted by Crippen LogP contribution is 2.42. The van der Waals surface area contributed by atoms with Gasteiger partial charge in [0, 0.05) is 23.0 Å². The van der Waals surface area contributed by atoms with Gasteiger partial charge in [0.2, 0.25) is 5.91 Å². The Morgan fingerprint density at radius 2 is 1.84 bits per heavy atom.